The van der Waals surface area contributed by atoms with Crippen molar-refractivity contribution in [3.05, 3.63) is 0 Å². The van der Waals surface area contributed by atoms with Gasteiger partial charge in [0.25, 0.3) is 0 Å². The second-order valence-electron chi connectivity index (χ2n) is 7.10. The first-order chi connectivity index (χ1) is 8.54. The van der Waals surface area contributed by atoms with Gasteiger partial charge in [-0.2, -0.15) is 0 Å². The molecule has 3 unspecified atom stereocenters. The Morgan fingerprint density at radius 3 is 2.17 bits per heavy atom. The molecule has 18 heavy (non-hydrogen) atoms. The highest BCUT2D eigenvalue weighted by Crippen LogP contribution is 2.52. The number of hydrogen-bond donors (Lipinski definition) is 2. The Balaban J connectivity index is 2.23. The largest absolute Gasteiger partial charge is 0.389 e. The van der Waals surface area contributed by atoms with Crippen LogP contribution < -0.4 is 5.73 Å². The fraction of sp³-hybridized carbons (Fsp3) is 1.00. The standard InChI is InChI=1S/C16H31NO/c1-13-7-10-16(18,14(2)11-13)15(12-17)8-5-3-4-6-9-15/h13-14,18H,3-12,17H2,1-2H3. The molecular weight excluding hydrogens is 222 g/mol. The van der Waals surface area contributed by atoms with Gasteiger partial charge in [-0.15, -0.1) is 0 Å². The molecule has 0 aromatic carbocycles. The van der Waals surface area contributed by atoms with Crippen LogP contribution in [0.2, 0.25) is 0 Å². The minimum atomic E-state index is -0.501. The van der Waals surface area contributed by atoms with Crippen LogP contribution in [-0.4, -0.2) is 17.3 Å². The van der Waals surface area contributed by atoms with Gasteiger partial charge in [-0.25, -0.2) is 0 Å². The highest BCUT2D eigenvalue weighted by atomic mass is 16.3. The Bertz CT molecular complexity index is 270. The van der Waals surface area contributed by atoms with Crippen LogP contribution in [0, 0.1) is 17.3 Å². The lowest BCUT2D eigenvalue weighted by Crippen LogP contribution is -2.58. The summed E-state index contributed by atoms with van der Waals surface area (Å²) in [5, 5.41) is 11.4. The zero-order chi connectivity index (χ0) is 13.2. The zero-order valence-electron chi connectivity index (χ0n) is 12.3. The maximum Gasteiger partial charge on any atom is 0.0741 e. The molecule has 2 nitrogen and oxygen atoms in total. The van der Waals surface area contributed by atoms with Crippen molar-refractivity contribution in [3.63, 3.8) is 0 Å². The van der Waals surface area contributed by atoms with Crippen LogP contribution in [0.1, 0.15) is 71.6 Å². The Labute approximate surface area is 112 Å². The summed E-state index contributed by atoms with van der Waals surface area (Å²) in [6, 6.07) is 0. The highest BCUT2D eigenvalue weighted by molar-refractivity contribution is 5.05. The minimum absolute atomic E-state index is 0.00303. The van der Waals surface area contributed by atoms with Crippen LogP contribution in [0.25, 0.3) is 0 Å². The summed E-state index contributed by atoms with van der Waals surface area (Å²) >= 11 is 0. The molecule has 0 amide bonds. The molecule has 3 N–H and O–H groups in total. The van der Waals surface area contributed by atoms with Crippen LogP contribution in [0.3, 0.4) is 0 Å². The normalized spacial score (nSPS) is 41.3. The van der Waals surface area contributed by atoms with Crippen LogP contribution in [0.5, 0.6) is 0 Å². The molecule has 2 saturated carbocycles. The SMILES string of the molecule is CC1CCC(O)(C2(CN)CCCCCC2)C(C)C1. The van der Waals surface area contributed by atoms with Gasteiger partial charge in [0.15, 0.2) is 0 Å². The third-order valence-electron chi connectivity index (χ3n) is 5.96. The minimum Gasteiger partial charge on any atom is -0.389 e. The van der Waals surface area contributed by atoms with Gasteiger partial charge in [-0.1, -0.05) is 39.5 Å². The maximum atomic E-state index is 11.4. The van der Waals surface area contributed by atoms with E-state index in [-0.39, 0.29) is 5.41 Å². The van der Waals surface area contributed by atoms with Crippen molar-refractivity contribution in [2.45, 2.75) is 77.2 Å². The van der Waals surface area contributed by atoms with E-state index in [4.69, 9.17) is 5.73 Å². The highest BCUT2D eigenvalue weighted by Gasteiger charge is 2.53. The molecule has 2 aliphatic carbocycles. The van der Waals surface area contributed by atoms with E-state index in [0.29, 0.717) is 12.5 Å². The molecule has 0 aromatic heterocycles. The van der Waals surface area contributed by atoms with Gasteiger partial charge in [0, 0.05) is 12.0 Å². The lowest BCUT2D eigenvalue weighted by molar-refractivity contribution is -0.152. The smallest absolute Gasteiger partial charge is 0.0741 e. The molecule has 0 aromatic rings. The summed E-state index contributed by atoms with van der Waals surface area (Å²) < 4.78 is 0. The third kappa shape index (κ3) is 2.34. The topological polar surface area (TPSA) is 46.2 Å². The van der Waals surface area contributed by atoms with E-state index in [1.54, 1.807) is 0 Å². The molecule has 0 heterocycles. The van der Waals surface area contributed by atoms with Crippen molar-refractivity contribution >= 4 is 0 Å². The Morgan fingerprint density at radius 2 is 1.67 bits per heavy atom. The molecule has 2 rings (SSSR count). The van der Waals surface area contributed by atoms with E-state index in [1.807, 2.05) is 0 Å². The van der Waals surface area contributed by atoms with Gasteiger partial charge in [0.1, 0.15) is 0 Å². The first-order valence-corrected chi connectivity index (χ1v) is 7.96. The Hall–Kier alpha value is -0.0800. The first kappa shape index (κ1) is 14.3. The number of nitrogens with two attached hydrogens (primary N) is 1. The average Bonchev–Trinajstić information content (AvgIpc) is 2.61. The van der Waals surface area contributed by atoms with Crippen molar-refractivity contribution in [2.24, 2.45) is 23.0 Å². The quantitative estimate of drug-likeness (QED) is 0.740. The summed E-state index contributed by atoms with van der Waals surface area (Å²) in [4.78, 5) is 0. The molecule has 3 atom stereocenters. The third-order valence-corrected chi connectivity index (χ3v) is 5.96. The molecule has 2 fully saturated rings. The van der Waals surface area contributed by atoms with E-state index < -0.39 is 5.60 Å². The van der Waals surface area contributed by atoms with Gasteiger partial charge in [-0.05, 0) is 43.9 Å². The Morgan fingerprint density at radius 1 is 1.06 bits per heavy atom. The second-order valence-corrected chi connectivity index (χ2v) is 7.10. The van der Waals surface area contributed by atoms with Crippen LogP contribution in [0.4, 0.5) is 0 Å². The van der Waals surface area contributed by atoms with Crippen LogP contribution in [-0.2, 0) is 0 Å². The van der Waals surface area contributed by atoms with Gasteiger partial charge in [-0.3, -0.25) is 0 Å². The molecular formula is C16H31NO. The molecule has 106 valence electrons. The monoisotopic (exact) mass is 253 g/mol. The number of rotatable bonds is 2. The number of aliphatic hydroxyl groups is 1. The van der Waals surface area contributed by atoms with E-state index in [2.05, 4.69) is 13.8 Å². The summed E-state index contributed by atoms with van der Waals surface area (Å²) in [6.07, 6.45) is 10.7. The van der Waals surface area contributed by atoms with E-state index in [0.717, 1.165) is 31.6 Å². The summed E-state index contributed by atoms with van der Waals surface area (Å²) in [5.74, 6) is 1.17. The second kappa shape index (κ2) is 5.50. The molecule has 0 radical (unpaired) electrons. The van der Waals surface area contributed by atoms with Crippen molar-refractivity contribution in [2.75, 3.05) is 6.54 Å². The van der Waals surface area contributed by atoms with E-state index in [1.165, 1.54) is 32.1 Å². The van der Waals surface area contributed by atoms with Gasteiger partial charge >= 0.3 is 0 Å². The summed E-state index contributed by atoms with van der Waals surface area (Å²) in [6.45, 7) is 5.23. The van der Waals surface area contributed by atoms with Crippen molar-refractivity contribution in [3.8, 4) is 0 Å². The predicted octanol–water partition coefficient (Wildman–Crippen LogP) is 3.47. The lowest BCUT2D eigenvalue weighted by atomic mass is 9.56. The maximum absolute atomic E-state index is 11.4. The zero-order valence-corrected chi connectivity index (χ0v) is 12.3. The van der Waals surface area contributed by atoms with E-state index in [9.17, 15) is 5.11 Å². The van der Waals surface area contributed by atoms with Gasteiger partial charge < -0.3 is 10.8 Å². The average molecular weight is 253 g/mol. The molecule has 0 bridgehead atoms. The summed E-state index contributed by atoms with van der Waals surface area (Å²) in [7, 11) is 0. The molecule has 0 aliphatic heterocycles. The molecule has 2 aliphatic rings. The number of hydrogen-bond acceptors (Lipinski definition) is 2. The first-order valence-electron chi connectivity index (χ1n) is 7.96. The lowest BCUT2D eigenvalue weighted by Gasteiger charge is -2.53. The Kier molecular flexibility index (Phi) is 4.38. The fourth-order valence-electron chi connectivity index (χ4n) is 4.64. The van der Waals surface area contributed by atoms with E-state index >= 15 is 0 Å². The molecule has 0 saturated heterocycles. The predicted molar refractivity (Wildman–Crippen MR) is 76.3 cm³/mol. The van der Waals surface area contributed by atoms with Crippen LogP contribution in [0.15, 0.2) is 0 Å². The van der Waals surface area contributed by atoms with Crippen molar-refractivity contribution in [1.82, 2.24) is 0 Å². The van der Waals surface area contributed by atoms with Gasteiger partial charge in [0.2, 0.25) is 0 Å². The van der Waals surface area contributed by atoms with Crippen LogP contribution >= 0.6 is 0 Å². The van der Waals surface area contributed by atoms with Gasteiger partial charge in [0.05, 0.1) is 5.60 Å². The summed E-state index contributed by atoms with van der Waals surface area (Å²) in [5.41, 5.74) is 5.66. The van der Waals surface area contributed by atoms with Crippen molar-refractivity contribution < 1.29 is 5.11 Å². The van der Waals surface area contributed by atoms with Crippen molar-refractivity contribution in [1.29, 1.82) is 0 Å². The molecule has 0 spiro atoms. The fourth-order valence-corrected chi connectivity index (χ4v) is 4.64. The molecule has 2 heteroatoms.